The molecular formula is C75H145NO13. The molecule has 14 nitrogen and oxygen atoms in total. The van der Waals surface area contributed by atoms with Crippen molar-refractivity contribution in [3.63, 3.8) is 0 Å². The van der Waals surface area contributed by atoms with Crippen molar-refractivity contribution in [2.45, 2.75) is 441 Å². The third-order valence-electron chi connectivity index (χ3n) is 19.2. The molecule has 12 atom stereocenters. The van der Waals surface area contributed by atoms with Gasteiger partial charge in [-0.3, -0.25) is 4.79 Å². The first-order valence-corrected chi connectivity index (χ1v) is 38.4. The van der Waals surface area contributed by atoms with Crippen molar-refractivity contribution in [2.75, 3.05) is 19.8 Å². The van der Waals surface area contributed by atoms with Crippen LogP contribution in [-0.2, 0) is 23.7 Å². The molecule has 89 heavy (non-hydrogen) atoms. The summed E-state index contributed by atoms with van der Waals surface area (Å²) in [5, 5.41) is 87.4. The van der Waals surface area contributed by atoms with Crippen LogP contribution in [0, 0.1) is 0 Å². The molecule has 0 aromatic rings. The van der Waals surface area contributed by atoms with Crippen molar-refractivity contribution in [1.82, 2.24) is 5.32 Å². The van der Waals surface area contributed by atoms with Gasteiger partial charge in [-0.15, -0.1) is 0 Å². The molecule has 0 saturated carbocycles. The number of hydrogen-bond acceptors (Lipinski definition) is 13. The number of rotatable bonds is 65. The molecule has 0 aromatic heterocycles. The van der Waals surface area contributed by atoms with E-state index in [-0.39, 0.29) is 18.9 Å². The van der Waals surface area contributed by atoms with E-state index in [0.717, 1.165) is 44.9 Å². The molecule has 528 valence electrons. The van der Waals surface area contributed by atoms with Crippen LogP contribution >= 0.6 is 0 Å². The number of unbranched alkanes of at least 4 members (excludes halogenated alkanes) is 52. The van der Waals surface area contributed by atoms with Crippen LogP contribution in [0.2, 0.25) is 0 Å². The fourth-order valence-corrected chi connectivity index (χ4v) is 13.1. The Kier molecular flexibility index (Phi) is 56.9. The number of nitrogens with one attached hydrogen (secondary N) is 1. The van der Waals surface area contributed by atoms with Gasteiger partial charge in [0.05, 0.1) is 32.0 Å². The first-order chi connectivity index (χ1) is 43.6. The third kappa shape index (κ3) is 44.2. The summed E-state index contributed by atoms with van der Waals surface area (Å²) >= 11 is 0. The van der Waals surface area contributed by atoms with Crippen molar-refractivity contribution >= 4 is 5.91 Å². The molecule has 0 spiro atoms. The molecule has 14 heteroatoms. The molecule has 2 saturated heterocycles. The lowest BCUT2D eigenvalue weighted by Gasteiger charge is -2.46. The Morgan fingerprint density at radius 3 is 1.03 bits per heavy atom. The SMILES string of the molecule is CCCCCCCCCCCCCCC/C=C/C(O)C(COC1OC(CO)C(OC2OC(CO)C(O)C(O)C2O)C(O)C1O)NC(=O)CCCCCCCCCCCCCCCCCCCCCCCCCCCCCCCCCCCCCCCCCC. The highest BCUT2D eigenvalue weighted by molar-refractivity contribution is 5.76. The lowest BCUT2D eigenvalue weighted by atomic mass is 9.97. The molecule has 9 N–H and O–H groups in total. The molecule has 12 unspecified atom stereocenters. The molecule has 0 radical (unpaired) electrons. The number of aliphatic hydroxyl groups excluding tert-OH is 8. The molecule has 0 aliphatic carbocycles. The van der Waals surface area contributed by atoms with Crippen LogP contribution in [0.1, 0.15) is 367 Å². The number of ether oxygens (including phenoxy) is 4. The highest BCUT2D eigenvalue weighted by atomic mass is 16.7. The molecule has 1 amide bonds. The number of hydrogen-bond donors (Lipinski definition) is 9. The van der Waals surface area contributed by atoms with Crippen molar-refractivity contribution < 1.29 is 64.6 Å². The van der Waals surface area contributed by atoms with Crippen molar-refractivity contribution in [3.8, 4) is 0 Å². The van der Waals surface area contributed by atoms with Crippen LogP contribution in [0.4, 0.5) is 0 Å². The smallest absolute Gasteiger partial charge is 0.220 e. The summed E-state index contributed by atoms with van der Waals surface area (Å²) in [4.78, 5) is 13.3. The van der Waals surface area contributed by atoms with Gasteiger partial charge >= 0.3 is 0 Å². The minimum absolute atomic E-state index is 0.231. The first kappa shape index (κ1) is 83.8. The van der Waals surface area contributed by atoms with Gasteiger partial charge in [0, 0.05) is 6.42 Å². The highest BCUT2D eigenvalue weighted by Gasteiger charge is 2.51. The number of aliphatic hydroxyl groups is 8. The maximum absolute atomic E-state index is 13.3. The second-order valence-electron chi connectivity index (χ2n) is 27.5. The number of allylic oxidation sites excluding steroid dienone is 1. The third-order valence-corrected chi connectivity index (χ3v) is 19.2. The van der Waals surface area contributed by atoms with Gasteiger partial charge in [-0.05, 0) is 19.3 Å². The standard InChI is InChI=1S/C75H145NO13/c1-3-5-7-9-11-13-15-17-19-20-21-22-23-24-25-26-27-28-29-30-31-32-33-34-35-36-37-38-39-40-41-42-43-45-47-49-51-53-55-57-59-67(80)76-63(64(79)58-56-54-52-50-48-46-44-18-16-14-12-10-8-6-4-2)62-86-74-72(85)70(83)73(66(61-78)88-74)89-75-71(84)69(82)68(81)65(60-77)87-75/h56,58,63-66,68-75,77-79,81-85H,3-55,57,59-62H2,1-2H3,(H,76,80)/b58-56+. The average molecular weight is 1270 g/mol. The van der Waals surface area contributed by atoms with Gasteiger partial charge in [0.25, 0.3) is 0 Å². The fraction of sp³-hybridized carbons (Fsp3) is 0.960. The zero-order chi connectivity index (χ0) is 64.5. The lowest BCUT2D eigenvalue weighted by Crippen LogP contribution is -2.65. The van der Waals surface area contributed by atoms with Gasteiger partial charge in [-0.25, -0.2) is 0 Å². The van der Waals surface area contributed by atoms with Gasteiger partial charge < -0.3 is 65.1 Å². The van der Waals surface area contributed by atoms with Crippen LogP contribution in [0.25, 0.3) is 0 Å². The Morgan fingerprint density at radius 1 is 0.393 bits per heavy atom. The Hall–Kier alpha value is -1.27. The predicted molar refractivity (Wildman–Crippen MR) is 365 cm³/mol. The van der Waals surface area contributed by atoms with Gasteiger partial charge in [-0.2, -0.15) is 0 Å². The summed E-state index contributed by atoms with van der Waals surface area (Å²) in [6, 6.07) is -0.911. The van der Waals surface area contributed by atoms with E-state index in [9.17, 15) is 45.6 Å². The van der Waals surface area contributed by atoms with E-state index in [1.54, 1.807) is 6.08 Å². The number of amides is 1. The minimum atomic E-state index is -1.79. The molecular weight excluding hydrogens is 1120 g/mol. The van der Waals surface area contributed by atoms with E-state index in [2.05, 4.69) is 19.2 Å². The van der Waals surface area contributed by atoms with E-state index in [4.69, 9.17) is 18.9 Å². The van der Waals surface area contributed by atoms with E-state index in [1.807, 2.05) is 6.08 Å². The first-order valence-electron chi connectivity index (χ1n) is 38.4. The van der Waals surface area contributed by atoms with Gasteiger partial charge in [0.2, 0.25) is 5.91 Å². The number of carbonyl (C=O) groups excluding carboxylic acids is 1. The molecule has 0 bridgehead atoms. The van der Waals surface area contributed by atoms with Gasteiger partial charge in [0.15, 0.2) is 12.6 Å². The molecule has 0 aromatic carbocycles. The normalized spacial score (nSPS) is 23.0. The largest absolute Gasteiger partial charge is 0.394 e. The number of carbonyl (C=O) groups is 1. The maximum Gasteiger partial charge on any atom is 0.220 e. The summed E-state index contributed by atoms with van der Waals surface area (Å²) < 4.78 is 22.9. The summed E-state index contributed by atoms with van der Waals surface area (Å²) in [5.41, 5.74) is 0. The van der Waals surface area contributed by atoms with Crippen molar-refractivity contribution in [2.24, 2.45) is 0 Å². The molecule has 2 rings (SSSR count). The Labute approximate surface area is 546 Å². The molecule has 2 aliphatic rings. The molecule has 2 heterocycles. The van der Waals surface area contributed by atoms with Gasteiger partial charge in [0.1, 0.15) is 48.8 Å². The Morgan fingerprint density at radius 2 is 0.697 bits per heavy atom. The monoisotopic (exact) mass is 1270 g/mol. The fourth-order valence-electron chi connectivity index (χ4n) is 13.1. The van der Waals surface area contributed by atoms with Crippen LogP contribution in [0.15, 0.2) is 12.2 Å². The summed E-state index contributed by atoms with van der Waals surface area (Å²) in [6.07, 6.45) is 58.9. The van der Waals surface area contributed by atoms with Crippen molar-refractivity contribution in [3.05, 3.63) is 12.2 Å². The minimum Gasteiger partial charge on any atom is -0.394 e. The summed E-state index contributed by atoms with van der Waals surface area (Å²) in [5.74, 6) is -0.231. The summed E-state index contributed by atoms with van der Waals surface area (Å²) in [7, 11) is 0. The van der Waals surface area contributed by atoms with E-state index >= 15 is 0 Å². The maximum atomic E-state index is 13.3. The Balaban J connectivity index is 1.53. The Bertz CT molecular complexity index is 1540. The second kappa shape index (κ2) is 60.4. The lowest BCUT2D eigenvalue weighted by molar-refractivity contribution is -0.359. The van der Waals surface area contributed by atoms with E-state index in [1.165, 1.54) is 302 Å². The van der Waals surface area contributed by atoms with E-state index < -0.39 is 86.8 Å². The van der Waals surface area contributed by atoms with Crippen molar-refractivity contribution in [1.29, 1.82) is 0 Å². The van der Waals surface area contributed by atoms with E-state index in [0.29, 0.717) is 0 Å². The van der Waals surface area contributed by atoms with Crippen LogP contribution < -0.4 is 5.32 Å². The molecule has 2 aliphatic heterocycles. The summed E-state index contributed by atoms with van der Waals surface area (Å²) in [6.45, 7) is 2.85. The highest BCUT2D eigenvalue weighted by Crippen LogP contribution is 2.30. The quantitative estimate of drug-likeness (QED) is 0.0204. The van der Waals surface area contributed by atoms with Crippen LogP contribution in [0.5, 0.6) is 0 Å². The zero-order valence-corrected chi connectivity index (χ0v) is 57.7. The second-order valence-corrected chi connectivity index (χ2v) is 27.5. The van der Waals surface area contributed by atoms with Gasteiger partial charge in [-0.1, -0.05) is 353 Å². The topological polar surface area (TPSA) is 228 Å². The van der Waals surface area contributed by atoms with Crippen LogP contribution in [-0.4, -0.2) is 140 Å². The average Bonchev–Trinajstić information content (AvgIpc) is 2.83. The molecule has 2 fully saturated rings. The predicted octanol–water partition coefficient (Wildman–Crippen LogP) is 16.5. The van der Waals surface area contributed by atoms with Crippen LogP contribution in [0.3, 0.4) is 0 Å². The zero-order valence-electron chi connectivity index (χ0n) is 57.7.